The van der Waals surface area contributed by atoms with Crippen molar-refractivity contribution in [1.82, 2.24) is 15.6 Å². The molecular weight excluding hydrogens is 332 g/mol. The lowest BCUT2D eigenvalue weighted by atomic mass is 9.91. The van der Waals surface area contributed by atoms with Crippen molar-refractivity contribution >= 4 is 17.3 Å². The molecule has 0 aliphatic heterocycles. The summed E-state index contributed by atoms with van der Waals surface area (Å²) >= 11 is 1.79. The second-order valence-electron chi connectivity index (χ2n) is 6.49. The zero-order valence-electron chi connectivity index (χ0n) is 15.5. The van der Waals surface area contributed by atoms with E-state index in [0.29, 0.717) is 19.0 Å². The predicted octanol–water partition coefficient (Wildman–Crippen LogP) is 3.57. The van der Waals surface area contributed by atoms with Crippen LogP contribution in [0, 0.1) is 0 Å². The molecule has 0 fully saturated rings. The van der Waals surface area contributed by atoms with Crippen molar-refractivity contribution in [1.29, 1.82) is 0 Å². The summed E-state index contributed by atoms with van der Waals surface area (Å²) in [5.74, 6) is 1.46. The molecule has 0 saturated carbocycles. The summed E-state index contributed by atoms with van der Waals surface area (Å²) in [6, 6.07) is 8.20. The van der Waals surface area contributed by atoms with Crippen LogP contribution < -0.4 is 15.4 Å². The fraction of sp³-hybridized carbons (Fsp3) is 0.474. The molecule has 0 radical (unpaired) electrons. The van der Waals surface area contributed by atoms with Gasteiger partial charge in [0.15, 0.2) is 5.96 Å². The van der Waals surface area contributed by atoms with E-state index in [-0.39, 0.29) is 5.41 Å². The van der Waals surface area contributed by atoms with Gasteiger partial charge in [-0.15, -0.1) is 11.3 Å². The number of hydrogen-bond donors (Lipinski definition) is 2. The van der Waals surface area contributed by atoms with Crippen molar-refractivity contribution in [3.05, 3.63) is 46.3 Å². The van der Waals surface area contributed by atoms with Crippen LogP contribution >= 0.6 is 11.3 Å². The molecule has 0 saturated heterocycles. The van der Waals surface area contributed by atoms with Gasteiger partial charge in [0.25, 0.3) is 0 Å². The Morgan fingerprint density at radius 2 is 2.12 bits per heavy atom. The van der Waals surface area contributed by atoms with Gasteiger partial charge in [-0.2, -0.15) is 0 Å². The second kappa shape index (κ2) is 9.42. The van der Waals surface area contributed by atoms with Crippen LogP contribution in [0.25, 0.3) is 0 Å². The number of guanidine groups is 1. The van der Waals surface area contributed by atoms with Crippen LogP contribution in [-0.2, 0) is 12.0 Å². The van der Waals surface area contributed by atoms with E-state index in [2.05, 4.69) is 58.9 Å². The van der Waals surface area contributed by atoms with E-state index < -0.39 is 0 Å². The molecular formula is C19H28N4OS. The largest absolute Gasteiger partial charge is 0.478 e. The zero-order chi connectivity index (χ0) is 18.1. The number of ether oxygens (including phenoxy) is 1. The molecule has 0 aliphatic carbocycles. The molecule has 2 aromatic heterocycles. The van der Waals surface area contributed by atoms with Gasteiger partial charge in [-0.05, 0) is 23.4 Å². The Balaban J connectivity index is 1.82. The van der Waals surface area contributed by atoms with E-state index in [4.69, 9.17) is 4.74 Å². The van der Waals surface area contributed by atoms with Crippen LogP contribution in [-0.4, -0.2) is 31.1 Å². The lowest BCUT2D eigenvalue weighted by Crippen LogP contribution is -2.42. The Bertz CT molecular complexity index is 651. The van der Waals surface area contributed by atoms with Crippen LogP contribution in [0.1, 0.15) is 37.6 Å². The van der Waals surface area contributed by atoms with Gasteiger partial charge in [0, 0.05) is 42.7 Å². The molecule has 0 amide bonds. The Morgan fingerprint density at radius 3 is 2.72 bits per heavy atom. The van der Waals surface area contributed by atoms with Crippen molar-refractivity contribution in [3.8, 4) is 5.88 Å². The molecule has 2 aromatic rings. The lowest BCUT2D eigenvalue weighted by Gasteiger charge is -2.25. The molecule has 2 heterocycles. The fourth-order valence-corrected chi connectivity index (χ4v) is 3.12. The fourth-order valence-electron chi connectivity index (χ4n) is 2.27. The Morgan fingerprint density at radius 1 is 1.28 bits per heavy atom. The maximum absolute atomic E-state index is 5.50. The highest BCUT2D eigenvalue weighted by Crippen LogP contribution is 2.26. The van der Waals surface area contributed by atoms with E-state index in [1.54, 1.807) is 18.4 Å². The highest BCUT2D eigenvalue weighted by molar-refractivity contribution is 7.10. The highest BCUT2D eigenvalue weighted by atomic mass is 32.1. The summed E-state index contributed by atoms with van der Waals surface area (Å²) < 4.78 is 5.50. The van der Waals surface area contributed by atoms with Crippen molar-refractivity contribution in [2.75, 3.05) is 20.2 Å². The minimum atomic E-state index is 0.0611. The first-order valence-corrected chi connectivity index (χ1v) is 9.49. The zero-order valence-corrected chi connectivity index (χ0v) is 16.3. The molecule has 0 aromatic carbocycles. The standard InChI is InChI=1S/C19H28N4OS/c1-5-10-24-17-9-8-15(12-21-17)13-22-18(20-4)23-14-19(2,3)16-7-6-11-25-16/h6-9,11-12H,5,10,13-14H2,1-4H3,(H2,20,22,23). The molecule has 5 nitrogen and oxygen atoms in total. The molecule has 2 rings (SSSR count). The van der Waals surface area contributed by atoms with Crippen LogP contribution in [0.4, 0.5) is 0 Å². The third-order valence-electron chi connectivity index (χ3n) is 3.82. The van der Waals surface area contributed by atoms with Crippen LogP contribution in [0.2, 0.25) is 0 Å². The van der Waals surface area contributed by atoms with E-state index in [9.17, 15) is 0 Å². The second-order valence-corrected chi connectivity index (χ2v) is 7.44. The average Bonchev–Trinajstić information content (AvgIpc) is 3.16. The number of hydrogen-bond acceptors (Lipinski definition) is 4. The SMILES string of the molecule is CCCOc1ccc(CNC(=NC)NCC(C)(C)c2cccs2)cn1. The number of nitrogens with one attached hydrogen (secondary N) is 2. The van der Waals surface area contributed by atoms with Gasteiger partial charge in [-0.3, -0.25) is 4.99 Å². The van der Waals surface area contributed by atoms with Gasteiger partial charge in [-0.1, -0.05) is 32.9 Å². The van der Waals surface area contributed by atoms with Gasteiger partial charge >= 0.3 is 0 Å². The third-order valence-corrected chi connectivity index (χ3v) is 5.06. The predicted molar refractivity (Wildman–Crippen MR) is 106 cm³/mol. The quantitative estimate of drug-likeness (QED) is 0.558. The van der Waals surface area contributed by atoms with Gasteiger partial charge < -0.3 is 15.4 Å². The first-order chi connectivity index (χ1) is 12.0. The normalized spacial score (nSPS) is 12.1. The number of pyridine rings is 1. The van der Waals surface area contributed by atoms with E-state index >= 15 is 0 Å². The van der Waals surface area contributed by atoms with E-state index in [0.717, 1.165) is 24.5 Å². The Labute approximate surface area is 154 Å². The summed E-state index contributed by atoms with van der Waals surface area (Å²) in [6.45, 7) is 8.73. The van der Waals surface area contributed by atoms with Gasteiger partial charge in [-0.25, -0.2) is 4.98 Å². The van der Waals surface area contributed by atoms with Crippen LogP contribution in [0.3, 0.4) is 0 Å². The highest BCUT2D eigenvalue weighted by Gasteiger charge is 2.21. The molecule has 2 N–H and O–H groups in total. The molecule has 136 valence electrons. The van der Waals surface area contributed by atoms with Crippen molar-refractivity contribution < 1.29 is 4.74 Å². The molecule has 0 atom stereocenters. The topological polar surface area (TPSA) is 58.5 Å². The molecule has 25 heavy (non-hydrogen) atoms. The minimum absolute atomic E-state index is 0.0611. The third kappa shape index (κ3) is 6.05. The Hall–Kier alpha value is -2.08. The van der Waals surface area contributed by atoms with Gasteiger partial charge in [0.05, 0.1) is 6.61 Å². The number of thiophene rings is 1. The summed E-state index contributed by atoms with van der Waals surface area (Å²) in [5, 5.41) is 8.85. The molecule has 6 heteroatoms. The Kier molecular flexibility index (Phi) is 7.25. The monoisotopic (exact) mass is 360 g/mol. The van der Waals surface area contributed by atoms with Crippen molar-refractivity contribution in [2.45, 2.75) is 39.2 Å². The maximum atomic E-state index is 5.50. The number of aliphatic imine (C=N–C) groups is 1. The maximum Gasteiger partial charge on any atom is 0.213 e. The molecule has 0 spiro atoms. The van der Waals surface area contributed by atoms with E-state index in [1.165, 1.54) is 4.88 Å². The van der Waals surface area contributed by atoms with Crippen LogP contribution in [0.5, 0.6) is 5.88 Å². The lowest BCUT2D eigenvalue weighted by molar-refractivity contribution is 0.305. The smallest absolute Gasteiger partial charge is 0.213 e. The van der Waals surface area contributed by atoms with Gasteiger partial charge in [0.2, 0.25) is 5.88 Å². The van der Waals surface area contributed by atoms with Crippen molar-refractivity contribution in [3.63, 3.8) is 0 Å². The van der Waals surface area contributed by atoms with Crippen LogP contribution in [0.15, 0.2) is 40.8 Å². The first-order valence-electron chi connectivity index (χ1n) is 8.61. The molecule has 0 unspecified atom stereocenters. The minimum Gasteiger partial charge on any atom is -0.478 e. The van der Waals surface area contributed by atoms with Crippen molar-refractivity contribution in [2.24, 2.45) is 4.99 Å². The summed E-state index contributed by atoms with van der Waals surface area (Å²) in [6.07, 6.45) is 2.82. The number of aromatic nitrogens is 1. The number of rotatable bonds is 8. The van der Waals surface area contributed by atoms with Gasteiger partial charge in [0.1, 0.15) is 0 Å². The summed E-state index contributed by atoms with van der Waals surface area (Å²) in [5.41, 5.74) is 1.15. The van der Waals surface area contributed by atoms with E-state index in [1.807, 2.05) is 18.3 Å². The number of nitrogens with zero attached hydrogens (tertiary/aromatic N) is 2. The summed E-state index contributed by atoms with van der Waals surface area (Å²) in [7, 11) is 1.79. The molecule has 0 bridgehead atoms. The first kappa shape index (κ1) is 19.2. The molecule has 0 aliphatic rings. The summed E-state index contributed by atoms with van der Waals surface area (Å²) in [4.78, 5) is 9.98. The average molecular weight is 361 g/mol.